The molecule has 0 saturated heterocycles. The molecule has 0 atom stereocenters. The highest BCUT2D eigenvalue weighted by molar-refractivity contribution is 7.93. The van der Waals surface area contributed by atoms with E-state index >= 15 is 0 Å². The molecule has 2 heterocycles. The molecule has 0 aliphatic heterocycles. The molecule has 7 heteroatoms. The van der Waals surface area contributed by atoms with Crippen LogP contribution in [0.4, 0.5) is 11.4 Å². The predicted octanol–water partition coefficient (Wildman–Crippen LogP) is 4.56. The normalized spacial score (nSPS) is 11.6. The summed E-state index contributed by atoms with van der Waals surface area (Å²) in [4.78, 5) is 8.35. The van der Waals surface area contributed by atoms with Gasteiger partial charge in [-0.3, -0.25) is 14.7 Å². The van der Waals surface area contributed by atoms with Crippen LogP contribution in [0.15, 0.2) is 96.4 Å². The van der Waals surface area contributed by atoms with Crippen molar-refractivity contribution in [2.45, 2.75) is 4.90 Å². The van der Waals surface area contributed by atoms with Crippen molar-refractivity contribution in [2.24, 2.45) is 0 Å². The van der Waals surface area contributed by atoms with Gasteiger partial charge in [-0.2, -0.15) is 0 Å². The van der Waals surface area contributed by atoms with Crippen LogP contribution in [0.5, 0.6) is 0 Å². The number of nitrogens with one attached hydrogen (secondary N) is 2. The molecule has 2 aromatic heterocycles. The van der Waals surface area contributed by atoms with Crippen LogP contribution in [0.25, 0.3) is 16.8 Å². The summed E-state index contributed by atoms with van der Waals surface area (Å²) in [6.07, 6.45) is 10.7. The number of sulfonamides is 1. The summed E-state index contributed by atoms with van der Waals surface area (Å²) in [6, 6.07) is 17.9. The molecule has 0 fully saturated rings. The molecule has 150 valence electrons. The van der Waals surface area contributed by atoms with E-state index in [4.69, 9.17) is 0 Å². The molecule has 0 aliphatic rings. The molecule has 0 radical (unpaired) electrons. The van der Waals surface area contributed by atoms with Crippen molar-refractivity contribution in [3.05, 3.63) is 97.1 Å². The van der Waals surface area contributed by atoms with Gasteiger partial charge in [0.2, 0.25) is 0 Å². The van der Waals surface area contributed by atoms with Gasteiger partial charge in [-0.15, -0.1) is 0 Å². The van der Waals surface area contributed by atoms with Crippen molar-refractivity contribution < 1.29 is 8.42 Å². The molecule has 0 aliphatic carbocycles. The highest BCUT2D eigenvalue weighted by Crippen LogP contribution is 2.27. The van der Waals surface area contributed by atoms with Gasteiger partial charge in [0.05, 0.1) is 16.3 Å². The summed E-state index contributed by atoms with van der Waals surface area (Å²) in [6.45, 7) is 0.535. The molecule has 0 spiro atoms. The summed E-state index contributed by atoms with van der Waals surface area (Å²) in [7, 11) is -3.78. The monoisotopic (exact) mass is 416 g/mol. The number of benzene rings is 2. The van der Waals surface area contributed by atoms with Crippen LogP contribution in [0.3, 0.4) is 0 Å². The summed E-state index contributed by atoms with van der Waals surface area (Å²) < 4.78 is 28.9. The van der Waals surface area contributed by atoms with Crippen molar-refractivity contribution in [3.8, 4) is 0 Å². The zero-order valence-electron chi connectivity index (χ0n) is 16.1. The van der Waals surface area contributed by atoms with E-state index in [-0.39, 0.29) is 4.90 Å². The van der Waals surface area contributed by atoms with E-state index in [9.17, 15) is 8.42 Å². The van der Waals surface area contributed by atoms with Gasteiger partial charge in [0.1, 0.15) is 0 Å². The molecular formula is C23H20N4O2S. The first kappa shape index (κ1) is 19.6. The van der Waals surface area contributed by atoms with Gasteiger partial charge in [0, 0.05) is 42.1 Å². The number of anilines is 2. The minimum Gasteiger partial charge on any atom is -0.380 e. The van der Waals surface area contributed by atoms with Crippen LogP contribution in [0.1, 0.15) is 5.56 Å². The Bertz CT molecular complexity index is 1280. The van der Waals surface area contributed by atoms with Crippen LogP contribution in [0, 0.1) is 0 Å². The number of hydrogen-bond donors (Lipinski definition) is 2. The molecule has 2 N–H and O–H groups in total. The Labute approximate surface area is 175 Å². The number of nitrogens with zero attached hydrogens (tertiary/aromatic N) is 2. The van der Waals surface area contributed by atoms with Crippen LogP contribution in [-0.2, 0) is 10.0 Å². The third-order valence-corrected chi connectivity index (χ3v) is 5.93. The molecule has 30 heavy (non-hydrogen) atoms. The average Bonchev–Trinajstić information content (AvgIpc) is 2.78. The smallest absolute Gasteiger partial charge is 0.262 e. The van der Waals surface area contributed by atoms with Gasteiger partial charge in [0.25, 0.3) is 10.0 Å². The Morgan fingerprint density at radius 2 is 1.67 bits per heavy atom. The van der Waals surface area contributed by atoms with Crippen molar-refractivity contribution >= 4 is 38.2 Å². The lowest BCUT2D eigenvalue weighted by molar-refractivity contribution is 0.602. The van der Waals surface area contributed by atoms with E-state index < -0.39 is 10.0 Å². The Morgan fingerprint density at radius 1 is 0.833 bits per heavy atom. The third kappa shape index (κ3) is 4.47. The second-order valence-corrected chi connectivity index (χ2v) is 8.22. The molecular weight excluding hydrogens is 396 g/mol. The van der Waals surface area contributed by atoms with E-state index in [0.29, 0.717) is 23.3 Å². The van der Waals surface area contributed by atoms with Crippen LogP contribution < -0.4 is 10.0 Å². The largest absolute Gasteiger partial charge is 0.380 e. The van der Waals surface area contributed by atoms with E-state index in [2.05, 4.69) is 20.0 Å². The highest BCUT2D eigenvalue weighted by atomic mass is 32.2. The quantitative estimate of drug-likeness (QED) is 0.462. The lowest BCUT2D eigenvalue weighted by Crippen LogP contribution is -2.15. The second kappa shape index (κ2) is 8.75. The second-order valence-electron chi connectivity index (χ2n) is 6.57. The number of rotatable bonds is 7. The number of pyridine rings is 2. The van der Waals surface area contributed by atoms with E-state index in [1.807, 2.05) is 42.5 Å². The van der Waals surface area contributed by atoms with Crippen LogP contribution >= 0.6 is 0 Å². The van der Waals surface area contributed by atoms with Crippen LogP contribution in [-0.4, -0.2) is 24.9 Å². The zero-order valence-corrected chi connectivity index (χ0v) is 16.9. The van der Waals surface area contributed by atoms with Crippen LogP contribution in [0.2, 0.25) is 0 Å². The summed E-state index contributed by atoms with van der Waals surface area (Å²) >= 11 is 0. The number of fused-ring (bicyclic) bond motifs is 1. The van der Waals surface area contributed by atoms with Gasteiger partial charge < -0.3 is 5.32 Å². The molecule has 4 aromatic rings. The van der Waals surface area contributed by atoms with E-state index in [1.165, 1.54) is 0 Å². The Hall–Kier alpha value is -3.71. The van der Waals surface area contributed by atoms with Gasteiger partial charge in [-0.05, 0) is 35.9 Å². The van der Waals surface area contributed by atoms with Crippen molar-refractivity contribution in [2.75, 3.05) is 16.6 Å². The van der Waals surface area contributed by atoms with Gasteiger partial charge in [0.15, 0.2) is 0 Å². The van der Waals surface area contributed by atoms with Gasteiger partial charge in [-0.1, -0.05) is 42.5 Å². The maximum Gasteiger partial charge on any atom is 0.262 e. The fourth-order valence-electron chi connectivity index (χ4n) is 3.09. The first-order valence-corrected chi connectivity index (χ1v) is 10.9. The number of hydrogen-bond acceptors (Lipinski definition) is 5. The fourth-order valence-corrected chi connectivity index (χ4v) is 4.40. The maximum atomic E-state index is 13.1. The third-order valence-electron chi connectivity index (χ3n) is 4.51. The number of para-hydroxylation sites is 2. The molecule has 6 nitrogen and oxygen atoms in total. The maximum absolute atomic E-state index is 13.1. The minimum absolute atomic E-state index is 0.216. The standard InChI is InChI=1S/C23H20N4O2S/c28-30(29,23-11-3-8-19-17-25-15-12-20(19)23)27-22-10-2-1-9-21(22)26-14-5-7-18-6-4-13-24-16-18/h1-13,15-17,26-27H,14H2. The van der Waals surface area contributed by atoms with Gasteiger partial charge in [-0.25, -0.2) is 8.42 Å². The zero-order chi connectivity index (χ0) is 20.8. The minimum atomic E-state index is -3.78. The Balaban J connectivity index is 1.54. The molecule has 4 rings (SSSR count). The van der Waals surface area contributed by atoms with Crippen molar-refractivity contribution in [1.29, 1.82) is 0 Å². The molecule has 0 bridgehead atoms. The summed E-state index contributed by atoms with van der Waals surface area (Å²) in [5.74, 6) is 0. The van der Waals surface area contributed by atoms with E-state index in [1.54, 1.807) is 55.1 Å². The molecule has 0 amide bonds. The molecule has 0 unspecified atom stereocenters. The summed E-state index contributed by atoms with van der Waals surface area (Å²) in [5, 5.41) is 4.65. The fraction of sp³-hybridized carbons (Fsp3) is 0.0435. The first-order valence-electron chi connectivity index (χ1n) is 9.38. The topological polar surface area (TPSA) is 84.0 Å². The first-order chi connectivity index (χ1) is 14.6. The molecule has 0 saturated carbocycles. The van der Waals surface area contributed by atoms with Crippen molar-refractivity contribution in [1.82, 2.24) is 9.97 Å². The average molecular weight is 417 g/mol. The highest BCUT2D eigenvalue weighted by Gasteiger charge is 2.18. The SMILES string of the molecule is O=S(=O)(Nc1ccccc1NCC=Cc1cccnc1)c1cccc2cnccc12. The lowest BCUT2D eigenvalue weighted by atomic mass is 10.2. The Morgan fingerprint density at radius 3 is 2.50 bits per heavy atom. The van der Waals surface area contributed by atoms with Gasteiger partial charge >= 0.3 is 0 Å². The van der Waals surface area contributed by atoms with Crippen molar-refractivity contribution in [3.63, 3.8) is 0 Å². The lowest BCUT2D eigenvalue weighted by Gasteiger charge is -2.14. The number of aromatic nitrogens is 2. The molecule has 2 aromatic carbocycles. The summed E-state index contributed by atoms with van der Waals surface area (Å²) in [5.41, 5.74) is 2.18. The predicted molar refractivity (Wildman–Crippen MR) is 121 cm³/mol. The van der Waals surface area contributed by atoms with E-state index in [0.717, 1.165) is 10.9 Å². The Kier molecular flexibility index (Phi) is 5.72.